The lowest BCUT2D eigenvalue weighted by atomic mass is 10.0. The van der Waals surface area contributed by atoms with Crippen LogP contribution in [0.3, 0.4) is 0 Å². The smallest absolute Gasteiger partial charge is 0.0462 e. The normalized spacial score (nSPS) is 12.2. The zero-order valence-corrected chi connectivity index (χ0v) is 34.6. The van der Waals surface area contributed by atoms with Gasteiger partial charge in [0, 0.05) is 43.9 Å². The van der Waals surface area contributed by atoms with E-state index in [4.69, 9.17) is 0 Å². The van der Waals surface area contributed by atoms with Gasteiger partial charge in [-0.1, -0.05) is 158 Å². The minimum atomic E-state index is 1.10. The van der Waals surface area contributed by atoms with E-state index in [0.717, 1.165) is 47.0 Å². The van der Waals surface area contributed by atoms with Crippen LogP contribution in [0, 0.1) is 0 Å². The second kappa shape index (κ2) is 17.4. The van der Waals surface area contributed by atoms with Crippen molar-refractivity contribution in [2.45, 2.75) is 12.8 Å². The van der Waals surface area contributed by atoms with E-state index in [-0.39, 0.29) is 0 Å². The first-order chi connectivity index (χ1) is 30.2. The minimum Gasteiger partial charge on any atom is -0.311 e. The molecule has 8 aromatic carbocycles. The Balaban J connectivity index is 0.926. The van der Waals surface area contributed by atoms with E-state index in [1.54, 1.807) is 0 Å². The van der Waals surface area contributed by atoms with Gasteiger partial charge in [0.25, 0.3) is 0 Å². The summed E-state index contributed by atoms with van der Waals surface area (Å²) in [5.74, 6) is 0. The molecule has 1 aliphatic rings. The molecule has 0 saturated carbocycles. The maximum atomic E-state index is 2.35. The van der Waals surface area contributed by atoms with Gasteiger partial charge in [0.2, 0.25) is 0 Å². The van der Waals surface area contributed by atoms with Crippen molar-refractivity contribution in [3.8, 4) is 43.8 Å². The van der Waals surface area contributed by atoms with E-state index < -0.39 is 0 Å². The average molecular weight is 801 g/mol. The average Bonchev–Trinajstić information content (AvgIpc) is 3.85. The van der Waals surface area contributed by atoms with Crippen molar-refractivity contribution >= 4 is 51.0 Å². The van der Waals surface area contributed by atoms with Crippen molar-refractivity contribution < 1.29 is 0 Å². The Morgan fingerprint density at radius 1 is 0.279 bits per heavy atom. The molecule has 0 amide bonds. The van der Waals surface area contributed by atoms with Crippen molar-refractivity contribution in [1.82, 2.24) is 0 Å². The van der Waals surface area contributed by atoms with Crippen molar-refractivity contribution in [3.63, 3.8) is 0 Å². The molecule has 61 heavy (non-hydrogen) atoms. The van der Waals surface area contributed by atoms with Crippen molar-refractivity contribution in [3.05, 3.63) is 248 Å². The second-order valence-corrected chi connectivity index (χ2v) is 16.4. The predicted octanol–water partition coefficient (Wildman–Crippen LogP) is 17.1. The van der Waals surface area contributed by atoms with Crippen molar-refractivity contribution in [1.29, 1.82) is 0 Å². The summed E-state index contributed by atoms with van der Waals surface area (Å²) in [5.41, 5.74) is 16.4. The number of hydrogen-bond donors (Lipinski definition) is 0. The Morgan fingerprint density at radius 2 is 0.607 bits per heavy atom. The van der Waals surface area contributed by atoms with E-state index >= 15 is 0 Å². The Morgan fingerprint density at radius 3 is 0.984 bits per heavy atom. The molecular formula is C58H44N2S. The van der Waals surface area contributed by atoms with E-state index in [2.05, 4.69) is 252 Å². The molecule has 0 atom stereocenters. The zero-order valence-electron chi connectivity index (χ0n) is 33.8. The van der Waals surface area contributed by atoms with E-state index in [0.29, 0.717) is 0 Å². The number of nitrogens with zero attached hydrogens (tertiary/aromatic N) is 2. The first kappa shape index (κ1) is 37.8. The number of anilines is 6. The first-order valence-electron chi connectivity index (χ1n) is 21.0. The van der Waals surface area contributed by atoms with E-state index in [9.17, 15) is 0 Å². The molecule has 0 bridgehead atoms. The third-order valence-electron chi connectivity index (χ3n) is 11.4. The molecular weight excluding hydrogens is 757 g/mol. The summed E-state index contributed by atoms with van der Waals surface area (Å²) >= 11 is 1.86. The highest BCUT2D eigenvalue weighted by Crippen LogP contribution is 2.41. The number of rotatable bonds is 11. The fourth-order valence-electron chi connectivity index (χ4n) is 8.16. The van der Waals surface area contributed by atoms with Crippen LogP contribution >= 0.6 is 11.3 Å². The fraction of sp³-hybridized carbons (Fsp3) is 0.0345. The van der Waals surface area contributed by atoms with Crippen LogP contribution in [0.4, 0.5) is 34.1 Å². The summed E-state index contributed by atoms with van der Waals surface area (Å²) in [6, 6.07) is 80.8. The van der Waals surface area contributed by atoms with Gasteiger partial charge in [-0.2, -0.15) is 0 Å². The highest BCUT2D eigenvalue weighted by atomic mass is 32.1. The van der Waals surface area contributed by atoms with Crippen LogP contribution in [0.15, 0.2) is 243 Å². The van der Waals surface area contributed by atoms with Crippen LogP contribution < -0.4 is 9.80 Å². The van der Waals surface area contributed by atoms with Crippen LogP contribution in [0.2, 0.25) is 0 Å². The van der Waals surface area contributed by atoms with Gasteiger partial charge in [-0.15, -0.1) is 11.3 Å². The molecule has 2 nitrogen and oxygen atoms in total. The third kappa shape index (κ3) is 8.25. The summed E-state index contributed by atoms with van der Waals surface area (Å²) < 4.78 is 0. The standard InChI is InChI=1S/C58H44N2S/c1-5-13-43(14-6-1)45-21-31-53(32-22-45)60(54-33-23-46(24-34-54)44-15-7-2-8-16-44)55-37-27-48(28-38-55)47-25-35-52(36-26-47)59(51-19-11-4-12-20-51)56-39-29-50(30-40-56)58-42-41-57(61-58)49-17-9-3-10-18-49/h1-2,4-9,11-42H,3,10H2. The highest BCUT2D eigenvalue weighted by molar-refractivity contribution is 7.16. The van der Waals surface area contributed by atoms with Gasteiger partial charge >= 0.3 is 0 Å². The lowest BCUT2D eigenvalue weighted by Crippen LogP contribution is -2.10. The van der Waals surface area contributed by atoms with Gasteiger partial charge in [0.15, 0.2) is 0 Å². The van der Waals surface area contributed by atoms with Crippen LogP contribution in [0.5, 0.6) is 0 Å². The predicted molar refractivity (Wildman–Crippen MR) is 262 cm³/mol. The molecule has 3 heteroatoms. The summed E-state index contributed by atoms with van der Waals surface area (Å²) in [6.45, 7) is 0. The summed E-state index contributed by atoms with van der Waals surface area (Å²) in [4.78, 5) is 7.28. The van der Waals surface area contributed by atoms with Gasteiger partial charge in [-0.05, 0) is 142 Å². The summed E-state index contributed by atoms with van der Waals surface area (Å²) in [7, 11) is 0. The van der Waals surface area contributed by atoms with Crippen molar-refractivity contribution in [2.24, 2.45) is 0 Å². The van der Waals surface area contributed by atoms with Crippen molar-refractivity contribution in [2.75, 3.05) is 9.80 Å². The van der Waals surface area contributed by atoms with Gasteiger partial charge < -0.3 is 9.80 Å². The Bertz CT molecular complexity index is 2810. The first-order valence-corrected chi connectivity index (χ1v) is 21.8. The van der Waals surface area contributed by atoms with Crippen LogP contribution in [0.25, 0.3) is 49.4 Å². The Kier molecular flexibility index (Phi) is 10.8. The molecule has 0 spiro atoms. The molecule has 1 aromatic heterocycles. The van der Waals surface area contributed by atoms with Gasteiger partial charge in [0.1, 0.15) is 0 Å². The lowest BCUT2D eigenvalue weighted by Gasteiger charge is -2.26. The second-order valence-electron chi connectivity index (χ2n) is 15.3. The largest absolute Gasteiger partial charge is 0.311 e. The minimum absolute atomic E-state index is 1.10. The molecule has 10 rings (SSSR count). The molecule has 9 aromatic rings. The number of hydrogen-bond acceptors (Lipinski definition) is 3. The van der Waals surface area contributed by atoms with Crippen LogP contribution in [-0.2, 0) is 0 Å². The zero-order chi connectivity index (χ0) is 40.8. The Labute approximate surface area is 363 Å². The third-order valence-corrected chi connectivity index (χ3v) is 12.5. The highest BCUT2D eigenvalue weighted by Gasteiger charge is 2.16. The van der Waals surface area contributed by atoms with Crippen LogP contribution in [0.1, 0.15) is 17.7 Å². The molecule has 0 saturated heterocycles. The van der Waals surface area contributed by atoms with Crippen LogP contribution in [-0.4, -0.2) is 0 Å². The molecule has 1 aliphatic carbocycles. The SMILES string of the molecule is C1=CC(c2ccc(-c3ccc(N(c4ccccc4)c4ccc(-c5ccc(N(c6ccc(-c7ccccc7)cc6)c6ccc(-c7ccccc7)cc6)cc5)cc4)cc3)s2)=CCC1. The molecule has 0 fully saturated rings. The monoisotopic (exact) mass is 800 g/mol. The van der Waals surface area contributed by atoms with E-state index in [1.807, 2.05) is 11.3 Å². The fourth-order valence-corrected chi connectivity index (χ4v) is 9.20. The van der Waals surface area contributed by atoms with E-state index in [1.165, 1.54) is 54.3 Å². The molecule has 1 heterocycles. The summed E-state index contributed by atoms with van der Waals surface area (Å²) in [6.07, 6.45) is 9.14. The molecule has 0 radical (unpaired) electrons. The number of allylic oxidation sites excluding steroid dienone is 4. The lowest BCUT2D eigenvalue weighted by molar-refractivity contribution is 1.04. The number of para-hydroxylation sites is 1. The van der Waals surface area contributed by atoms with Gasteiger partial charge in [-0.25, -0.2) is 0 Å². The number of thiophene rings is 1. The maximum absolute atomic E-state index is 2.35. The van der Waals surface area contributed by atoms with Gasteiger partial charge in [-0.3, -0.25) is 0 Å². The van der Waals surface area contributed by atoms with Gasteiger partial charge in [0.05, 0.1) is 0 Å². The molecule has 0 aliphatic heterocycles. The topological polar surface area (TPSA) is 6.48 Å². The number of benzene rings is 8. The summed E-state index contributed by atoms with van der Waals surface area (Å²) in [5, 5.41) is 0. The molecule has 0 unspecified atom stereocenters. The molecule has 292 valence electrons. The Hall–Kier alpha value is -7.46. The quantitative estimate of drug-likeness (QED) is 0.129. The molecule has 0 N–H and O–H groups in total. The maximum Gasteiger partial charge on any atom is 0.0462 e.